The second kappa shape index (κ2) is 22.9. The number of hydrogen-bond acceptors (Lipinski definition) is 10. The summed E-state index contributed by atoms with van der Waals surface area (Å²) in [6, 6.07) is 57.9. The molecular weight excluding hydrogens is 1240 g/mol. The van der Waals surface area contributed by atoms with Gasteiger partial charge in [0.15, 0.2) is 34.6 Å². The number of alkyl halides is 8. The SMILES string of the molecule is ClC(Cl)c1ccc(Sc2cc3c4nc5nc(nc6c7ccccc7c(nc7nc(nc([nH]4)c3c(Sc3ccc(C(Cl)Cl)cc3)c2Sc2ccc(C(Cl)Cl)cc2)-c2ccccc2-7)n6Sc2ccc(C(Cl)Cl)cc2)-c2ccccc2-5)cc1. The molecule has 8 aromatic carbocycles. The van der Waals surface area contributed by atoms with E-state index in [0.29, 0.717) is 45.9 Å². The average Bonchev–Trinajstić information content (AvgIpc) is 4.35. The van der Waals surface area contributed by atoms with E-state index in [0.717, 1.165) is 100 Å². The molecule has 11 aromatic rings. The smallest absolute Gasteiger partial charge is 0.164 e. The van der Waals surface area contributed by atoms with Gasteiger partial charge < -0.3 is 4.98 Å². The van der Waals surface area contributed by atoms with Gasteiger partial charge in [-0.25, -0.2) is 33.9 Å². The molecule has 20 heteroatoms. The van der Waals surface area contributed by atoms with Gasteiger partial charge in [-0.1, -0.05) is 157 Å². The Morgan fingerprint density at radius 1 is 0.350 bits per heavy atom. The second-order valence-corrected chi connectivity index (χ2v) is 26.9. The van der Waals surface area contributed by atoms with E-state index in [1.165, 1.54) is 11.9 Å². The molecule has 0 aliphatic carbocycles. The summed E-state index contributed by atoms with van der Waals surface area (Å²) >= 11 is 57.1. The molecule has 0 spiro atoms. The van der Waals surface area contributed by atoms with Crippen LogP contribution in [0.5, 0.6) is 0 Å². The highest BCUT2D eigenvalue weighted by atomic mass is 35.5. The molecule has 2 aliphatic rings. The summed E-state index contributed by atoms with van der Waals surface area (Å²) in [5, 5.41) is 3.32. The largest absolute Gasteiger partial charge is 0.324 e. The standard InChI is InChI=1S/C60H34Cl8N8S4/c61-49(62)30-13-21-34(22-14-30)77-45-29-44-46(48(79-36-25-17-32(18-26-36)51(65)66)47(45)78-35-23-15-31(16-24-35)50(63)64)58-72-54-39-8-2-4-10-41(39)56(70-54)75-60-43-12-6-5-11-42(43)59(76(60)80-37-27-19-33(20-28-37)52(67)68)74-55-40-9-3-1-7-38(40)53(69-55)71-57(44)73-58/h1-29,49-52H,(H,69,70,71,72,73,74,75). The first-order chi connectivity index (χ1) is 38.9. The van der Waals surface area contributed by atoms with Crippen molar-refractivity contribution in [1.29, 1.82) is 0 Å². The molecule has 13 rings (SSSR count). The monoisotopic (exact) mass is 1270 g/mol. The van der Waals surface area contributed by atoms with Crippen LogP contribution in [0.4, 0.5) is 0 Å². The van der Waals surface area contributed by atoms with Crippen molar-refractivity contribution in [3.63, 3.8) is 0 Å². The first kappa shape index (κ1) is 54.1. The van der Waals surface area contributed by atoms with E-state index in [2.05, 4.69) is 23.2 Å². The fourth-order valence-corrected chi connectivity index (χ4v) is 14.8. The van der Waals surface area contributed by atoms with Crippen molar-refractivity contribution in [3.05, 3.63) is 198 Å². The molecule has 0 radical (unpaired) electrons. The van der Waals surface area contributed by atoms with Crippen LogP contribution in [0.2, 0.25) is 0 Å². The van der Waals surface area contributed by atoms with Gasteiger partial charge in [0, 0.05) is 78.1 Å². The third-order valence-corrected chi connectivity index (χ3v) is 19.8. The maximum atomic E-state index is 6.40. The van der Waals surface area contributed by atoms with Gasteiger partial charge in [-0.15, -0.1) is 92.8 Å². The Bertz CT molecular complexity index is 4390. The van der Waals surface area contributed by atoms with Gasteiger partial charge in [0.1, 0.15) is 30.6 Å². The van der Waals surface area contributed by atoms with Gasteiger partial charge in [-0.3, -0.25) is 0 Å². The summed E-state index contributed by atoms with van der Waals surface area (Å²) < 4.78 is 2.04. The summed E-state index contributed by atoms with van der Waals surface area (Å²) in [5.41, 5.74) is 8.68. The Labute approximate surface area is 515 Å². The maximum Gasteiger partial charge on any atom is 0.164 e. The zero-order valence-corrected chi connectivity index (χ0v) is 50.2. The number of rotatable bonds is 12. The lowest BCUT2D eigenvalue weighted by atomic mass is 10.1. The Balaban J connectivity index is 1.16. The molecule has 0 saturated heterocycles. The zero-order valence-electron chi connectivity index (χ0n) is 40.8. The van der Waals surface area contributed by atoms with Crippen LogP contribution < -0.4 is 0 Å². The Hall–Kier alpha value is -5.16. The highest BCUT2D eigenvalue weighted by molar-refractivity contribution is 8.04. The fourth-order valence-electron chi connectivity index (χ4n) is 9.34. The van der Waals surface area contributed by atoms with Crippen molar-refractivity contribution >= 4 is 184 Å². The third-order valence-electron chi connectivity index (χ3n) is 13.2. The number of halogens is 8. The molecule has 0 atom stereocenters. The molecule has 0 amide bonds. The summed E-state index contributed by atoms with van der Waals surface area (Å²) in [6.07, 6.45) is 0. The van der Waals surface area contributed by atoms with Crippen LogP contribution in [0.1, 0.15) is 41.6 Å². The minimum Gasteiger partial charge on any atom is -0.324 e. The molecule has 1 N–H and O–H groups in total. The van der Waals surface area contributed by atoms with Crippen LogP contribution in [0, 0.1) is 0 Å². The highest BCUT2D eigenvalue weighted by Crippen LogP contribution is 2.52. The van der Waals surface area contributed by atoms with Gasteiger partial charge >= 0.3 is 0 Å². The number of H-pyrrole nitrogens is 1. The topological polar surface area (TPSA) is 98.1 Å². The predicted octanol–water partition coefficient (Wildman–Crippen LogP) is 21.3. The number of hydrogen-bond donors (Lipinski definition) is 1. The van der Waals surface area contributed by atoms with Crippen LogP contribution in [-0.2, 0) is 0 Å². The Morgan fingerprint density at radius 3 is 1.14 bits per heavy atom. The molecule has 2 aliphatic heterocycles. The van der Waals surface area contributed by atoms with Gasteiger partial charge in [0.2, 0.25) is 0 Å². The number of fused-ring (bicyclic) bond motifs is 20. The maximum absolute atomic E-state index is 6.40. The van der Waals surface area contributed by atoms with E-state index >= 15 is 0 Å². The lowest BCUT2D eigenvalue weighted by Gasteiger charge is -2.17. The fraction of sp³-hybridized carbons (Fsp3) is 0.0667. The van der Waals surface area contributed by atoms with Gasteiger partial charge in [0.25, 0.3) is 0 Å². The van der Waals surface area contributed by atoms with E-state index in [1.807, 2.05) is 162 Å². The lowest BCUT2D eigenvalue weighted by molar-refractivity contribution is 1.14. The average molecular weight is 1280 g/mol. The van der Waals surface area contributed by atoms with E-state index < -0.39 is 19.3 Å². The van der Waals surface area contributed by atoms with Crippen LogP contribution in [0.15, 0.2) is 210 Å². The lowest BCUT2D eigenvalue weighted by Crippen LogP contribution is -1.93. The van der Waals surface area contributed by atoms with Crippen LogP contribution in [0.25, 0.3) is 89.7 Å². The van der Waals surface area contributed by atoms with Crippen molar-refractivity contribution in [2.75, 3.05) is 0 Å². The molecule has 0 unspecified atom stereocenters. The number of aromatic nitrogens is 8. The first-order valence-electron chi connectivity index (χ1n) is 24.5. The summed E-state index contributed by atoms with van der Waals surface area (Å²) in [7, 11) is 0. The molecule has 80 heavy (non-hydrogen) atoms. The molecule has 394 valence electrons. The normalized spacial score (nSPS) is 12.2. The van der Waals surface area contributed by atoms with Gasteiger partial charge in [0.05, 0.1) is 0 Å². The zero-order chi connectivity index (χ0) is 54.8. The van der Waals surface area contributed by atoms with Crippen molar-refractivity contribution in [2.45, 2.75) is 53.6 Å². The molecule has 0 fully saturated rings. The van der Waals surface area contributed by atoms with E-state index in [-0.39, 0.29) is 0 Å². The highest BCUT2D eigenvalue weighted by Gasteiger charge is 2.27. The Kier molecular flexibility index (Phi) is 15.5. The number of nitrogens with one attached hydrogen (secondary N) is 1. The van der Waals surface area contributed by atoms with Gasteiger partial charge in [-0.05, 0) is 88.8 Å². The molecular formula is C60H34Cl8N8S4. The second-order valence-electron chi connectivity index (χ2n) is 18.2. The van der Waals surface area contributed by atoms with E-state index in [4.69, 9.17) is 123 Å². The first-order valence-corrected chi connectivity index (χ1v) is 31.2. The quantitative estimate of drug-likeness (QED) is 0.119. The number of aromatic amines is 1. The third kappa shape index (κ3) is 10.7. The van der Waals surface area contributed by atoms with Crippen molar-refractivity contribution in [2.24, 2.45) is 0 Å². The molecule has 0 saturated carbocycles. The molecule has 8 nitrogen and oxygen atoms in total. The van der Waals surface area contributed by atoms with Crippen LogP contribution in [-0.4, -0.2) is 38.9 Å². The van der Waals surface area contributed by atoms with Gasteiger partial charge in [-0.2, -0.15) is 0 Å². The van der Waals surface area contributed by atoms with E-state index in [1.54, 1.807) is 35.3 Å². The minimum atomic E-state index is -0.701. The molecule has 5 heterocycles. The summed E-state index contributed by atoms with van der Waals surface area (Å²) in [4.78, 5) is 40.1. The van der Waals surface area contributed by atoms with Crippen molar-refractivity contribution < 1.29 is 0 Å². The Morgan fingerprint density at radius 2 is 0.713 bits per heavy atom. The number of nitrogens with zero attached hydrogens (tertiary/aromatic N) is 7. The summed E-state index contributed by atoms with van der Waals surface area (Å²) in [6.45, 7) is 0. The van der Waals surface area contributed by atoms with Crippen molar-refractivity contribution in [1.82, 2.24) is 38.9 Å². The molecule has 3 aromatic heterocycles. The number of benzene rings is 8. The van der Waals surface area contributed by atoms with Crippen LogP contribution >= 0.6 is 140 Å². The predicted molar refractivity (Wildman–Crippen MR) is 337 cm³/mol. The molecule has 8 bridgehead atoms. The van der Waals surface area contributed by atoms with Crippen molar-refractivity contribution in [3.8, 4) is 45.6 Å². The minimum absolute atomic E-state index is 0.458. The summed E-state index contributed by atoms with van der Waals surface area (Å²) in [5.74, 6) is 1.88. The van der Waals surface area contributed by atoms with Crippen LogP contribution in [0.3, 0.4) is 0 Å². The van der Waals surface area contributed by atoms with E-state index in [9.17, 15) is 0 Å².